The highest BCUT2D eigenvalue weighted by Gasteiger charge is 2.50. The molecule has 1 aliphatic carbocycles. The van der Waals surface area contributed by atoms with E-state index in [-0.39, 0.29) is 30.1 Å². The topological polar surface area (TPSA) is 75.8 Å². The van der Waals surface area contributed by atoms with Crippen LogP contribution in [0.15, 0.2) is 0 Å². The van der Waals surface area contributed by atoms with Gasteiger partial charge in [0.2, 0.25) is 5.91 Å². The Hall–Kier alpha value is -0.650. The van der Waals surface area contributed by atoms with E-state index in [0.29, 0.717) is 25.6 Å². The fourth-order valence-corrected chi connectivity index (χ4v) is 3.22. The molecule has 2 atom stereocenters. The molecule has 18 heavy (non-hydrogen) atoms. The lowest BCUT2D eigenvalue weighted by Gasteiger charge is -2.49. The van der Waals surface area contributed by atoms with Crippen LogP contribution in [0.25, 0.3) is 0 Å². The molecular formula is C13H24N2O3. The summed E-state index contributed by atoms with van der Waals surface area (Å²) >= 11 is 0. The van der Waals surface area contributed by atoms with Crippen molar-refractivity contribution in [2.24, 2.45) is 17.1 Å². The van der Waals surface area contributed by atoms with E-state index in [9.17, 15) is 4.79 Å². The van der Waals surface area contributed by atoms with Crippen molar-refractivity contribution in [1.29, 1.82) is 0 Å². The number of carbonyl (C=O) groups is 1. The normalized spacial score (nSPS) is 40.4. The molecule has 0 radical (unpaired) electrons. The van der Waals surface area contributed by atoms with Gasteiger partial charge in [-0.3, -0.25) is 4.79 Å². The standard InChI is InChI=1S/C13H24N2O3/c1-9-3-13(4-9,8-14)12(17)15-5-11(6-16)18-7-10(15)2/h9-11,16H,3-8,14H2,1-2H3. The quantitative estimate of drug-likeness (QED) is 0.743. The minimum absolute atomic E-state index is 0.0392. The van der Waals surface area contributed by atoms with Gasteiger partial charge in [-0.05, 0) is 25.7 Å². The van der Waals surface area contributed by atoms with Crippen LogP contribution in [-0.4, -0.2) is 54.4 Å². The Morgan fingerprint density at radius 3 is 2.67 bits per heavy atom. The lowest BCUT2D eigenvalue weighted by molar-refractivity contribution is -0.163. The Morgan fingerprint density at radius 1 is 1.50 bits per heavy atom. The second kappa shape index (κ2) is 5.15. The number of aliphatic hydroxyl groups is 1. The number of hydrogen-bond acceptors (Lipinski definition) is 4. The summed E-state index contributed by atoms with van der Waals surface area (Å²) in [4.78, 5) is 14.5. The lowest BCUT2D eigenvalue weighted by atomic mass is 9.61. The number of nitrogens with two attached hydrogens (primary N) is 1. The Labute approximate surface area is 108 Å². The summed E-state index contributed by atoms with van der Waals surface area (Å²) in [7, 11) is 0. The molecule has 3 N–H and O–H groups in total. The molecule has 2 unspecified atom stereocenters. The highest BCUT2D eigenvalue weighted by molar-refractivity contribution is 5.84. The number of carbonyl (C=O) groups excluding carboxylic acids is 1. The lowest BCUT2D eigenvalue weighted by Crippen LogP contribution is -2.60. The molecular weight excluding hydrogens is 232 g/mol. The smallest absolute Gasteiger partial charge is 0.230 e. The summed E-state index contributed by atoms with van der Waals surface area (Å²) in [5, 5.41) is 9.16. The zero-order valence-corrected chi connectivity index (χ0v) is 11.3. The van der Waals surface area contributed by atoms with Crippen molar-refractivity contribution in [2.75, 3.05) is 26.3 Å². The monoisotopic (exact) mass is 256 g/mol. The van der Waals surface area contributed by atoms with Crippen LogP contribution >= 0.6 is 0 Å². The highest BCUT2D eigenvalue weighted by atomic mass is 16.5. The molecule has 2 rings (SSSR count). The molecule has 0 spiro atoms. The average molecular weight is 256 g/mol. The van der Waals surface area contributed by atoms with Gasteiger partial charge in [-0.2, -0.15) is 0 Å². The maximum Gasteiger partial charge on any atom is 0.230 e. The van der Waals surface area contributed by atoms with Crippen LogP contribution in [0.1, 0.15) is 26.7 Å². The van der Waals surface area contributed by atoms with E-state index in [4.69, 9.17) is 15.6 Å². The summed E-state index contributed by atoms with van der Waals surface area (Å²) in [5.41, 5.74) is 5.47. The minimum atomic E-state index is -0.356. The number of ether oxygens (including phenoxy) is 1. The minimum Gasteiger partial charge on any atom is -0.394 e. The molecule has 0 bridgehead atoms. The molecule has 5 heteroatoms. The Bertz CT molecular complexity index is 315. The number of morpholine rings is 1. The van der Waals surface area contributed by atoms with Gasteiger partial charge in [-0.1, -0.05) is 6.92 Å². The SMILES string of the molecule is CC1CC(CN)(C(=O)N2CC(CO)OCC2C)C1. The number of aliphatic hydroxyl groups excluding tert-OH is 1. The maximum absolute atomic E-state index is 12.7. The molecule has 1 heterocycles. The molecule has 5 nitrogen and oxygen atoms in total. The molecule has 2 fully saturated rings. The number of nitrogens with zero attached hydrogens (tertiary/aromatic N) is 1. The third-order valence-electron chi connectivity index (χ3n) is 4.29. The Balaban J connectivity index is 2.07. The first-order valence-corrected chi connectivity index (χ1v) is 6.76. The van der Waals surface area contributed by atoms with E-state index < -0.39 is 0 Å². The van der Waals surface area contributed by atoms with E-state index in [1.807, 2.05) is 11.8 Å². The maximum atomic E-state index is 12.7. The fourth-order valence-electron chi connectivity index (χ4n) is 3.22. The second-order valence-corrected chi connectivity index (χ2v) is 5.94. The summed E-state index contributed by atoms with van der Waals surface area (Å²) in [6.07, 6.45) is 1.52. The molecule has 1 saturated heterocycles. The van der Waals surface area contributed by atoms with Crippen molar-refractivity contribution < 1.29 is 14.6 Å². The van der Waals surface area contributed by atoms with Crippen LogP contribution in [0.5, 0.6) is 0 Å². The zero-order valence-electron chi connectivity index (χ0n) is 11.3. The molecule has 104 valence electrons. The van der Waals surface area contributed by atoms with E-state index >= 15 is 0 Å². The van der Waals surface area contributed by atoms with Crippen molar-refractivity contribution in [3.63, 3.8) is 0 Å². The van der Waals surface area contributed by atoms with E-state index in [1.54, 1.807) is 0 Å². The van der Waals surface area contributed by atoms with Gasteiger partial charge in [0.15, 0.2) is 0 Å². The molecule has 0 aromatic carbocycles. The van der Waals surface area contributed by atoms with Crippen LogP contribution in [0.2, 0.25) is 0 Å². The molecule has 0 aromatic rings. The molecule has 1 amide bonds. The summed E-state index contributed by atoms with van der Waals surface area (Å²) < 4.78 is 5.46. The molecule has 0 aromatic heterocycles. The largest absolute Gasteiger partial charge is 0.394 e. The van der Waals surface area contributed by atoms with Gasteiger partial charge in [-0.25, -0.2) is 0 Å². The van der Waals surface area contributed by atoms with Crippen LogP contribution in [-0.2, 0) is 9.53 Å². The third kappa shape index (κ3) is 2.27. The summed E-state index contributed by atoms with van der Waals surface area (Å²) in [5.74, 6) is 0.736. The van der Waals surface area contributed by atoms with Gasteiger partial charge in [0, 0.05) is 13.1 Å². The number of hydrogen-bond donors (Lipinski definition) is 2. The molecule has 2 aliphatic rings. The second-order valence-electron chi connectivity index (χ2n) is 5.94. The van der Waals surface area contributed by atoms with Crippen molar-refractivity contribution in [2.45, 2.75) is 38.8 Å². The first kappa shape index (κ1) is 13.8. The summed E-state index contributed by atoms with van der Waals surface area (Å²) in [6, 6.07) is 0.0691. The van der Waals surface area contributed by atoms with Crippen molar-refractivity contribution in [3.8, 4) is 0 Å². The van der Waals surface area contributed by atoms with Gasteiger partial charge in [0.05, 0.1) is 30.8 Å². The van der Waals surface area contributed by atoms with Gasteiger partial charge in [0.25, 0.3) is 0 Å². The fraction of sp³-hybridized carbons (Fsp3) is 0.923. The molecule has 1 saturated carbocycles. The van der Waals surface area contributed by atoms with E-state index in [0.717, 1.165) is 12.8 Å². The van der Waals surface area contributed by atoms with Crippen molar-refractivity contribution in [3.05, 3.63) is 0 Å². The Kier molecular flexibility index (Phi) is 3.94. The molecule has 1 aliphatic heterocycles. The van der Waals surface area contributed by atoms with Crippen LogP contribution in [0.3, 0.4) is 0 Å². The van der Waals surface area contributed by atoms with Gasteiger partial charge in [-0.15, -0.1) is 0 Å². The van der Waals surface area contributed by atoms with Crippen LogP contribution < -0.4 is 5.73 Å². The van der Waals surface area contributed by atoms with E-state index in [1.165, 1.54) is 0 Å². The first-order valence-electron chi connectivity index (χ1n) is 6.76. The van der Waals surface area contributed by atoms with Gasteiger partial charge >= 0.3 is 0 Å². The van der Waals surface area contributed by atoms with Crippen LogP contribution in [0, 0.1) is 11.3 Å². The first-order chi connectivity index (χ1) is 8.52. The average Bonchev–Trinajstić information content (AvgIpc) is 2.34. The number of rotatable bonds is 3. The predicted octanol–water partition coefficient (Wildman–Crippen LogP) is -0.0304. The van der Waals surface area contributed by atoms with E-state index in [2.05, 4.69) is 6.92 Å². The number of amides is 1. The van der Waals surface area contributed by atoms with Crippen LogP contribution in [0.4, 0.5) is 0 Å². The predicted molar refractivity (Wildman–Crippen MR) is 67.9 cm³/mol. The van der Waals surface area contributed by atoms with Gasteiger partial charge in [0.1, 0.15) is 0 Å². The van der Waals surface area contributed by atoms with Crippen molar-refractivity contribution in [1.82, 2.24) is 4.90 Å². The Morgan fingerprint density at radius 2 is 2.17 bits per heavy atom. The zero-order chi connectivity index (χ0) is 13.3. The third-order valence-corrected chi connectivity index (χ3v) is 4.29. The van der Waals surface area contributed by atoms with Crippen molar-refractivity contribution >= 4 is 5.91 Å². The summed E-state index contributed by atoms with van der Waals surface area (Å²) in [6.45, 7) is 5.49. The highest BCUT2D eigenvalue weighted by Crippen LogP contribution is 2.46. The van der Waals surface area contributed by atoms with Gasteiger partial charge < -0.3 is 20.5 Å².